The predicted molar refractivity (Wildman–Crippen MR) is 75.4 cm³/mol. The SMILES string of the molecule is CCc1ccccc1C(Br)Cc1ccccn1. The van der Waals surface area contributed by atoms with Crippen LogP contribution in [-0.2, 0) is 12.8 Å². The summed E-state index contributed by atoms with van der Waals surface area (Å²) in [6.07, 6.45) is 3.85. The summed E-state index contributed by atoms with van der Waals surface area (Å²) in [5.41, 5.74) is 3.91. The zero-order chi connectivity index (χ0) is 12.1. The Morgan fingerprint density at radius 3 is 2.59 bits per heavy atom. The number of aryl methyl sites for hydroxylation is 1. The van der Waals surface area contributed by atoms with Crippen LogP contribution in [0.3, 0.4) is 0 Å². The molecule has 0 aliphatic rings. The molecule has 1 unspecified atom stereocenters. The largest absolute Gasteiger partial charge is 0.261 e. The molecule has 0 spiro atoms. The molecule has 0 saturated heterocycles. The van der Waals surface area contributed by atoms with E-state index in [1.165, 1.54) is 11.1 Å². The molecule has 0 bridgehead atoms. The minimum atomic E-state index is 0.341. The molecule has 1 heterocycles. The normalized spacial score (nSPS) is 12.4. The lowest BCUT2D eigenvalue weighted by Crippen LogP contribution is -2.00. The van der Waals surface area contributed by atoms with Gasteiger partial charge in [-0.3, -0.25) is 4.98 Å². The van der Waals surface area contributed by atoms with Gasteiger partial charge < -0.3 is 0 Å². The topological polar surface area (TPSA) is 12.9 Å². The highest BCUT2D eigenvalue weighted by Gasteiger charge is 2.11. The van der Waals surface area contributed by atoms with E-state index in [1.54, 1.807) is 0 Å². The van der Waals surface area contributed by atoms with Crippen LogP contribution in [-0.4, -0.2) is 4.98 Å². The van der Waals surface area contributed by atoms with Crippen LogP contribution in [0.15, 0.2) is 48.7 Å². The zero-order valence-electron chi connectivity index (χ0n) is 9.94. The highest BCUT2D eigenvalue weighted by Crippen LogP contribution is 2.29. The second-order valence-electron chi connectivity index (χ2n) is 4.05. The van der Waals surface area contributed by atoms with Gasteiger partial charge in [-0.25, -0.2) is 0 Å². The zero-order valence-corrected chi connectivity index (χ0v) is 11.5. The molecule has 88 valence electrons. The first-order chi connectivity index (χ1) is 8.31. The summed E-state index contributed by atoms with van der Waals surface area (Å²) in [5, 5.41) is 0. The van der Waals surface area contributed by atoms with E-state index >= 15 is 0 Å². The van der Waals surface area contributed by atoms with Crippen molar-refractivity contribution in [3.63, 3.8) is 0 Å². The number of alkyl halides is 1. The summed E-state index contributed by atoms with van der Waals surface area (Å²) in [6.45, 7) is 2.19. The van der Waals surface area contributed by atoms with Gasteiger partial charge in [-0.2, -0.15) is 0 Å². The van der Waals surface area contributed by atoms with E-state index in [4.69, 9.17) is 0 Å². The van der Waals surface area contributed by atoms with E-state index < -0.39 is 0 Å². The van der Waals surface area contributed by atoms with Crippen LogP contribution in [0.4, 0.5) is 0 Å². The molecule has 1 aromatic heterocycles. The molecule has 2 rings (SSSR count). The minimum absolute atomic E-state index is 0.341. The lowest BCUT2D eigenvalue weighted by atomic mass is 10.00. The molecule has 2 aromatic rings. The fourth-order valence-corrected chi connectivity index (χ4v) is 2.75. The highest BCUT2D eigenvalue weighted by molar-refractivity contribution is 9.09. The lowest BCUT2D eigenvalue weighted by molar-refractivity contribution is 0.886. The van der Waals surface area contributed by atoms with Crippen LogP contribution in [0.1, 0.15) is 28.6 Å². The van der Waals surface area contributed by atoms with Crippen LogP contribution in [0, 0.1) is 0 Å². The first-order valence-corrected chi connectivity index (χ1v) is 6.84. The van der Waals surface area contributed by atoms with Crippen molar-refractivity contribution in [2.45, 2.75) is 24.6 Å². The van der Waals surface area contributed by atoms with Gasteiger partial charge in [0.05, 0.1) is 0 Å². The van der Waals surface area contributed by atoms with Crippen molar-refractivity contribution in [1.29, 1.82) is 0 Å². The van der Waals surface area contributed by atoms with Crippen molar-refractivity contribution < 1.29 is 0 Å². The summed E-state index contributed by atoms with van der Waals surface area (Å²) in [7, 11) is 0. The molecule has 1 aromatic carbocycles. The standard InChI is InChI=1S/C15H16BrN/c1-2-12-7-3-4-9-14(12)15(16)11-13-8-5-6-10-17-13/h3-10,15H,2,11H2,1H3. The molecular weight excluding hydrogens is 274 g/mol. The molecule has 17 heavy (non-hydrogen) atoms. The summed E-state index contributed by atoms with van der Waals surface area (Å²) in [6, 6.07) is 14.6. The molecule has 1 nitrogen and oxygen atoms in total. The van der Waals surface area contributed by atoms with Crippen LogP contribution in [0.2, 0.25) is 0 Å². The Labute approximate surface area is 111 Å². The first kappa shape index (κ1) is 12.3. The lowest BCUT2D eigenvalue weighted by Gasteiger charge is -2.13. The van der Waals surface area contributed by atoms with E-state index in [0.29, 0.717) is 4.83 Å². The van der Waals surface area contributed by atoms with Crippen molar-refractivity contribution in [2.24, 2.45) is 0 Å². The molecular formula is C15H16BrN. The van der Waals surface area contributed by atoms with Gasteiger partial charge in [-0.05, 0) is 29.7 Å². The van der Waals surface area contributed by atoms with Crippen LogP contribution in [0.5, 0.6) is 0 Å². The predicted octanol–water partition coefficient (Wildman–Crippen LogP) is 4.32. The maximum Gasteiger partial charge on any atom is 0.0453 e. The number of hydrogen-bond acceptors (Lipinski definition) is 1. The molecule has 0 fully saturated rings. The molecule has 0 saturated carbocycles. The Bertz CT molecular complexity index is 467. The van der Waals surface area contributed by atoms with E-state index in [9.17, 15) is 0 Å². The smallest absolute Gasteiger partial charge is 0.0453 e. The first-order valence-electron chi connectivity index (χ1n) is 5.93. The van der Waals surface area contributed by atoms with E-state index in [2.05, 4.69) is 58.2 Å². The minimum Gasteiger partial charge on any atom is -0.261 e. The molecule has 0 radical (unpaired) electrons. The Morgan fingerprint density at radius 2 is 1.88 bits per heavy atom. The fraction of sp³-hybridized carbons (Fsp3) is 0.267. The maximum absolute atomic E-state index is 4.37. The van der Waals surface area contributed by atoms with E-state index in [1.807, 2.05) is 18.3 Å². The third kappa shape index (κ3) is 3.16. The molecule has 0 N–H and O–H groups in total. The molecule has 0 aliphatic carbocycles. The van der Waals surface area contributed by atoms with Gasteiger partial charge in [0, 0.05) is 23.1 Å². The van der Waals surface area contributed by atoms with Crippen LogP contribution < -0.4 is 0 Å². The monoisotopic (exact) mass is 289 g/mol. The third-order valence-electron chi connectivity index (χ3n) is 2.89. The van der Waals surface area contributed by atoms with Gasteiger partial charge in [0.15, 0.2) is 0 Å². The number of nitrogens with zero attached hydrogens (tertiary/aromatic N) is 1. The van der Waals surface area contributed by atoms with Gasteiger partial charge in [-0.15, -0.1) is 0 Å². The van der Waals surface area contributed by atoms with Crippen molar-refractivity contribution in [2.75, 3.05) is 0 Å². The van der Waals surface area contributed by atoms with Crippen molar-refractivity contribution >= 4 is 15.9 Å². The van der Waals surface area contributed by atoms with Gasteiger partial charge >= 0.3 is 0 Å². The second kappa shape index (κ2) is 5.97. The van der Waals surface area contributed by atoms with Gasteiger partial charge in [0.25, 0.3) is 0 Å². The molecule has 0 amide bonds. The Hall–Kier alpha value is -1.15. The molecule has 0 aliphatic heterocycles. The number of benzene rings is 1. The third-order valence-corrected chi connectivity index (χ3v) is 3.70. The number of rotatable bonds is 4. The summed E-state index contributed by atoms with van der Waals surface area (Å²) < 4.78 is 0. The quantitative estimate of drug-likeness (QED) is 0.764. The number of aromatic nitrogens is 1. The van der Waals surface area contributed by atoms with Crippen molar-refractivity contribution in [3.8, 4) is 0 Å². The van der Waals surface area contributed by atoms with E-state index in [0.717, 1.165) is 18.5 Å². The number of hydrogen-bond donors (Lipinski definition) is 0. The van der Waals surface area contributed by atoms with Crippen LogP contribution in [0.25, 0.3) is 0 Å². The number of halogens is 1. The van der Waals surface area contributed by atoms with Crippen LogP contribution >= 0.6 is 15.9 Å². The average Bonchev–Trinajstić information content (AvgIpc) is 2.40. The summed E-state index contributed by atoms with van der Waals surface area (Å²) in [5.74, 6) is 0. The summed E-state index contributed by atoms with van der Waals surface area (Å²) >= 11 is 3.77. The second-order valence-corrected chi connectivity index (χ2v) is 5.15. The van der Waals surface area contributed by atoms with Gasteiger partial charge in [-0.1, -0.05) is 53.2 Å². The van der Waals surface area contributed by atoms with Crippen molar-refractivity contribution in [1.82, 2.24) is 4.98 Å². The summed E-state index contributed by atoms with van der Waals surface area (Å²) in [4.78, 5) is 4.71. The fourth-order valence-electron chi connectivity index (χ4n) is 1.97. The van der Waals surface area contributed by atoms with Crippen molar-refractivity contribution in [3.05, 3.63) is 65.5 Å². The molecule has 1 atom stereocenters. The Balaban J connectivity index is 2.17. The Morgan fingerprint density at radius 1 is 1.12 bits per heavy atom. The average molecular weight is 290 g/mol. The maximum atomic E-state index is 4.37. The highest BCUT2D eigenvalue weighted by atomic mass is 79.9. The Kier molecular flexibility index (Phi) is 4.32. The van der Waals surface area contributed by atoms with Gasteiger partial charge in [0.1, 0.15) is 0 Å². The van der Waals surface area contributed by atoms with E-state index in [-0.39, 0.29) is 0 Å². The molecule has 2 heteroatoms. The van der Waals surface area contributed by atoms with Gasteiger partial charge in [0.2, 0.25) is 0 Å². The number of pyridine rings is 1.